The first-order valence-corrected chi connectivity index (χ1v) is 3.32. The number of nitrogens with one attached hydrogen (secondary N) is 2. The Morgan fingerprint density at radius 1 is 1.64 bits per heavy atom. The Balaban J connectivity index is 3.01. The van der Waals surface area contributed by atoms with Gasteiger partial charge in [-0.15, -0.1) is 0 Å². The van der Waals surface area contributed by atoms with Crippen molar-refractivity contribution in [2.24, 2.45) is 0 Å². The van der Waals surface area contributed by atoms with Crippen LogP contribution in [0.1, 0.15) is 6.42 Å². The number of ether oxygens (including phenoxy) is 1. The van der Waals surface area contributed by atoms with Crippen LogP contribution in [0.3, 0.4) is 0 Å². The Kier molecular flexibility index (Phi) is 6.07. The molecule has 0 fully saturated rings. The molecule has 0 bridgehead atoms. The Hall–Kier alpha value is -1.26. The number of hydrogen-bond donors (Lipinski definition) is 2. The molecule has 0 heterocycles. The predicted octanol–water partition coefficient (Wildman–Crippen LogP) is -0.521. The molecule has 0 spiro atoms. The molecule has 0 radical (unpaired) electrons. The summed E-state index contributed by atoms with van der Waals surface area (Å²) < 4.78 is 4.63. The monoisotopic (exact) mass is 160 g/mol. The molecule has 0 aliphatic rings. The minimum absolute atomic E-state index is 0.320. The number of rotatable bonds is 5. The van der Waals surface area contributed by atoms with E-state index < -0.39 is 6.09 Å². The summed E-state index contributed by atoms with van der Waals surface area (Å²) in [5.74, 6) is 0. The Labute approximate surface area is 65.1 Å². The fourth-order valence-electron chi connectivity index (χ4n) is 0.470. The van der Waals surface area contributed by atoms with Crippen molar-refractivity contribution in [3.8, 4) is 0 Å². The Morgan fingerprint density at radius 3 is 2.91 bits per heavy atom. The van der Waals surface area contributed by atoms with Crippen molar-refractivity contribution < 1.29 is 14.3 Å². The lowest BCUT2D eigenvalue weighted by atomic mass is 10.4. The molecule has 64 valence electrons. The van der Waals surface area contributed by atoms with Crippen LogP contribution in [0.4, 0.5) is 4.79 Å². The van der Waals surface area contributed by atoms with Gasteiger partial charge in [-0.2, -0.15) is 0 Å². The lowest BCUT2D eigenvalue weighted by Gasteiger charge is -2.02. The second kappa shape index (κ2) is 6.85. The van der Waals surface area contributed by atoms with Crippen LogP contribution in [-0.4, -0.2) is 32.7 Å². The predicted molar refractivity (Wildman–Crippen MR) is 39.1 cm³/mol. The van der Waals surface area contributed by atoms with E-state index in [1.807, 2.05) is 0 Å². The number of amides is 2. The lowest BCUT2D eigenvalue weighted by molar-refractivity contribution is -0.109. The van der Waals surface area contributed by atoms with Crippen molar-refractivity contribution in [3.05, 3.63) is 0 Å². The van der Waals surface area contributed by atoms with Crippen LogP contribution in [0.2, 0.25) is 0 Å². The first kappa shape index (κ1) is 9.74. The Morgan fingerprint density at radius 2 is 2.36 bits per heavy atom. The molecular weight excluding hydrogens is 148 g/mol. The summed E-state index contributed by atoms with van der Waals surface area (Å²) >= 11 is 0. The SMILES string of the molecule is CNC(=O)OCCCNC=O. The molecule has 0 aliphatic carbocycles. The molecule has 0 saturated carbocycles. The van der Waals surface area contributed by atoms with E-state index >= 15 is 0 Å². The molecule has 5 heteroatoms. The van der Waals surface area contributed by atoms with Crippen LogP contribution in [0, 0.1) is 0 Å². The average Bonchev–Trinajstić information content (AvgIpc) is 2.04. The first-order chi connectivity index (χ1) is 5.31. The third kappa shape index (κ3) is 6.63. The zero-order valence-electron chi connectivity index (χ0n) is 6.42. The van der Waals surface area contributed by atoms with E-state index in [1.54, 1.807) is 0 Å². The highest BCUT2D eigenvalue weighted by molar-refractivity contribution is 5.66. The summed E-state index contributed by atoms with van der Waals surface area (Å²) in [7, 11) is 1.49. The molecule has 0 aromatic heterocycles. The molecule has 2 N–H and O–H groups in total. The quantitative estimate of drug-likeness (QED) is 0.420. The van der Waals surface area contributed by atoms with Gasteiger partial charge in [-0.3, -0.25) is 4.79 Å². The summed E-state index contributed by atoms with van der Waals surface area (Å²) in [4.78, 5) is 20.1. The van der Waals surface area contributed by atoms with Gasteiger partial charge in [-0.05, 0) is 6.42 Å². The highest BCUT2D eigenvalue weighted by atomic mass is 16.5. The standard InChI is InChI=1S/C6H12N2O3/c1-7-6(10)11-4-2-3-8-5-9/h5H,2-4H2,1H3,(H,7,10)(H,8,9). The average molecular weight is 160 g/mol. The van der Waals surface area contributed by atoms with Gasteiger partial charge >= 0.3 is 6.09 Å². The van der Waals surface area contributed by atoms with E-state index in [0.29, 0.717) is 26.0 Å². The molecular formula is C6H12N2O3. The van der Waals surface area contributed by atoms with Crippen LogP contribution in [-0.2, 0) is 9.53 Å². The van der Waals surface area contributed by atoms with Crippen LogP contribution in [0.15, 0.2) is 0 Å². The molecule has 5 nitrogen and oxygen atoms in total. The first-order valence-electron chi connectivity index (χ1n) is 3.32. The molecule has 0 atom stereocenters. The van der Waals surface area contributed by atoms with Gasteiger partial charge in [0.05, 0.1) is 6.61 Å². The molecule has 2 amide bonds. The number of carbonyl (C=O) groups is 2. The summed E-state index contributed by atoms with van der Waals surface area (Å²) in [5, 5.41) is 4.75. The van der Waals surface area contributed by atoms with E-state index in [9.17, 15) is 9.59 Å². The van der Waals surface area contributed by atoms with Gasteiger partial charge in [0, 0.05) is 13.6 Å². The highest BCUT2D eigenvalue weighted by Gasteiger charge is 1.94. The second-order valence-electron chi connectivity index (χ2n) is 1.81. The number of carbonyl (C=O) groups excluding carboxylic acids is 2. The third-order valence-corrected chi connectivity index (χ3v) is 0.986. The minimum Gasteiger partial charge on any atom is -0.450 e. The van der Waals surface area contributed by atoms with Gasteiger partial charge < -0.3 is 15.4 Å². The summed E-state index contributed by atoms with van der Waals surface area (Å²) in [6.07, 6.45) is 0.794. The second-order valence-corrected chi connectivity index (χ2v) is 1.81. The molecule has 0 rings (SSSR count). The Bertz CT molecular complexity index is 127. The molecule has 0 aliphatic heterocycles. The molecule has 11 heavy (non-hydrogen) atoms. The smallest absolute Gasteiger partial charge is 0.406 e. The van der Waals surface area contributed by atoms with E-state index in [0.717, 1.165) is 0 Å². The zero-order chi connectivity index (χ0) is 8.53. The highest BCUT2D eigenvalue weighted by Crippen LogP contribution is 1.80. The zero-order valence-corrected chi connectivity index (χ0v) is 6.42. The number of hydrogen-bond acceptors (Lipinski definition) is 3. The van der Waals surface area contributed by atoms with Crippen LogP contribution < -0.4 is 10.6 Å². The number of alkyl carbamates (subject to hydrolysis) is 1. The topological polar surface area (TPSA) is 67.4 Å². The van der Waals surface area contributed by atoms with Gasteiger partial charge in [-0.1, -0.05) is 0 Å². The van der Waals surface area contributed by atoms with Crippen molar-refractivity contribution in [3.63, 3.8) is 0 Å². The summed E-state index contributed by atoms with van der Waals surface area (Å²) in [6, 6.07) is 0. The van der Waals surface area contributed by atoms with E-state index in [2.05, 4.69) is 15.4 Å². The van der Waals surface area contributed by atoms with Crippen molar-refractivity contribution in [1.29, 1.82) is 0 Å². The lowest BCUT2D eigenvalue weighted by Crippen LogP contribution is -2.21. The van der Waals surface area contributed by atoms with Gasteiger partial charge in [0.1, 0.15) is 0 Å². The van der Waals surface area contributed by atoms with E-state index in [1.165, 1.54) is 7.05 Å². The van der Waals surface area contributed by atoms with Crippen molar-refractivity contribution >= 4 is 12.5 Å². The minimum atomic E-state index is -0.448. The van der Waals surface area contributed by atoms with Gasteiger partial charge in [0.15, 0.2) is 0 Å². The van der Waals surface area contributed by atoms with E-state index in [4.69, 9.17) is 0 Å². The summed E-state index contributed by atoms with van der Waals surface area (Å²) in [6.45, 7) is 0.848. The van der Waals surface area contributed by atoms with Crippen LogP contribution in [0.5, 0.6) is 0 Å². The van der Waals surface area contributed by atoms with Gasteiger partial charge in [0.25, 0.3) is 0 Å². The van der Waals surface area contributed by atoms with Gasteiger partial charge in [0.2, 0.25) is 6.41 Å². The third-order valence-electron chi connectivity index (χ3n) is 0.986. The largest absolute Gasteiger partial charge is 0.450 e. The maximum absolute atomic E-state index is 10.4. The fourth-order valence-corrected chi connectivity index (χ4v) is 0.470. The van der Waals surface area contributed by atoms with Crippen molar-refractivity contribution in [2.75, 3.05) is 20.2 Å². The van der Waals surface area contributed by atoms with Crippen molar-refractivity contribution in [1.82, 2.24) is 10.6 Å². The normalized spacial score (nSPS) is 8.45. The maximum Gasteiger partial charge on any atom is 0.406 e. The van der Waals surface area contributed by atoms with Gasteiger partial charge in [-0.25, -0.2) is 4.79 Å². The molecule has 0 unspecified atom stereocenters. The van der Waals surface area contributed by atoms with Crippen LogP contribution >= 0.6 is 0 Å². The molecule has 0 saturated heterocycles. The fraction of sp³-hybridized carbons (Fsp3) is 0.667. The maximum atomic E-state index is 10.4. The molecule has 0 aromatic carbocycles. The van der Waals surface area contributed by atoms with Crippen molar-refractivity contribution in [2.45, 2.75) is 6.42 Å². The molecule has 0 aromatic rings. The van der Waals surface area contributed by atoms with Crippen LogP contribution in [0.25, 0.3) is 0 Å². The van der Waals surface area contributed by atoms with E-state index in [-0.39, 0.29) is 0 Å². The summed E-state index contributed by atoms with van der Waals surface area (Å²) in [5.41, 5.74) is 0.